The van der Waals surface area contributed by atoms with Crippen molar-refractivity contribution in [1.82, 2.24) is 0 Å². The molecule has 0 aliphatic carbocycles. The van der Waals surface area contributed by atoms with Crippen LogP contribution in [0.4, 0.5) is 4.39 Å². The van der Waals surface area contributed by atoms with Crippen molar-refractivity contribution in [1.29, 1.82) is 0 Å². The number of rotatable bonds is 5. The lowest BCUT2D eigenvalue weighted by atomic mass is 9.99. The van der Waals surface area contributed by atoms with E-state index in [1.165, 1.54) is 6.92 Å². The number of hydrogen-bond acceptors (Lipinski definition) is 4. The van der Waals surface area contributed by atoms with Gasteiger partial charge in [0.1, 0.15) is 11.7 Å². The van der Waals surface area contributed by atoms with E-state index < -0.39 is 24.2 Å². The molecule has 4 nitrogen and oxygen atoms in total. The van der Waals surface area contributed by atoms with Gasteiger partial charge in [-0.2, -0.15) is 0 Å². The molecule has 1 heterocycles. The molecular formula is C10H19FO4. The largest absolute Gasteiger partial charge is 0.382 e. The van der Waals surface area contributed by atoms with Gasteiger partial charge >= 0.3 is 0 Å². The van der Waals surface area contributed by atoms with Gasteiger partial charge in [0.05, 0.1) is 6.61 Å². The summed E-state index contributed by atoms with van der Waals surface area (Å²) in [6, 6.07) is 0. The highest BCUT2D eigenvalue weighted by Gasteiger charge is 2.52. The average molecular weight is 222 g/mol. The minimum absolute atomic E-state index is 0.0639. The Labute approximate surface area is 89.0 Å². The van der Waals surface area contributed by atoms with Crippen LogP contribution in [0.1, 0.15) is 26.7 Å². The van der Waals surface area contributed by atoms with Gasteiger partial charge in [-0.3, -0.25) is 0 Å². The average Bonchev–Trinajstić information content (AvgIpc) is 2.38. The summed E-state index contributed by atoms with van der Waals surface area (Å²) in [5.74, 6) is 0. The van der Waals surface area contributed by atoms with Crippen molar-refractivity contribution in [3.63, 3.8) is 0 Å². The molecule has 5 heteroatoms. The quantitative estimate of drug-likeness (QED) is 0.669. The molecule has 1 aliphatic rings. The molecule has 1 saturated heterocycles. The maximum absolute atomic E-state index is 13.5. The van der Waals surface area contributed by atoms with Crippen LogP contribution in [0.5, 0.6) is 0 Å². The summed E-state index contributed by atoms with van der Waals surface area (Å²) in [6.45, 7) is 3.85. The standard InChI is InChI=1S/C10H19FO4/c1-3-4-5-14-6-7-8(11)10(2,13)9(12)15-7/h7-9,12-13H,3-6H2,1-2H3/t7-,8+,9?,10-/m1/s1. The van der Waals surface area contributed by atoms with Crippen LogP contribution < -0.4 is 0 Å². The first kappa shape index (κ1) is 12.8. The van der Waals surface area contributed by atoms with Crippen molar-refractivity contribution in [2.45, 2.75) is 50.9 Å². The van der Waals surface area contributed by atoms with Gasteiger partial charge in [0.2, 0.25) is 0 Å². The van der Waals surface area contributed by atoms with Gasteiger partial charge in [-0.15, -0.1) is 0 Å². The first-order valence-electron chi connectivity index (χ1n) is 5.27. The molecule has 1 fully saturated rings. The van der Waals surface area contributed by atoms with E-state index >= 15 is 0 Å². The molecule has 4 atom stereocenters. The first-order chi connectivity index (χ1) is 7.00. The minimum atomic E-state index is -1.83. The molecular weight excluding hydrogens is 203 g/mol. The zero-order valence-electron chi connectivity index (χ0n) is 9.15. The second-order valence-corrected chi connectivity index (χ2v) is 4.08. The van der Waals surface area contributed by atoms with Crippen LogP contribution in [0.25, 0.3) is 0 Å². The Bertz CT molecular complexity index is 198. The van der Waals surface area contributed by atoms with Crippen molar-refractivity contribution in [2.75, 3.05) is 13.2 Å². The van der Waals surface area contributed by atoms with Gasteiger partial charge in [-0.05, 0) is 13.3 Å². The van der Waals surface area contributed by atoms with Gasteiger partial charge in [-0.25, -0.2) is 4.39 Å². The highest BCUT2D eigenvalue weighted by molar-refractivity contribution is 4.96. The maximum Gasteiger partial charge on any atom is 0.187 e. The topological polar surface area (TPSA) is 58.9 Å². The molecule has 0 saturated carbocycles. The van der Waals surface area contributed by atoms with Crippen LogP contribution in [-0.2, 0) is 9.47 Å². The van der Waals surface area contributed by atoms with E-state index in [0.29, 0.717) is 6.61 Å². The van der Waals surface area contributed by atoms with E-state index in [1.54, 1.807) is 0 Å². The van der Waals surface area contributed by atoms with Crippen molar-refractivity contribution in [3.8, 4) is 0 Å². The van der Waals surface area contributed by atoms with Gasteiger partial charge < -0.3 is 19.7 Å². The number of aliphatic hydroxyl groups is 2. The predicted octanol–water partition coefficient (Wildman–Crippen LogP) is 0.609. The van der Waals surface area contributed by atoms with Crippen LogP contribution in [0.2, 0.25) is 0 Å². The Balaban J connectivity index is 2.32. The molecule has 2 N–H and O–H groups in total. The van der Waals surface area contributed by atoms with E-state index in [-0.39, 0.29) is 6.61 Å². The third kappa shape index (κ3) is 2.87. The van der Waals surface area contributed by atoms with Gasteiger partial charge in [0.15, 0.2) is 12.5 Å². The molecule has 0 aromatic heterocycles. The van der Waals surface area contributed by atoms with Crippen molar-refractivity contribution >= 4 is 0 Å². The van der Waals surface area contributed by atoms with E-state index in [2.05, 4.69) is 0 Å². The number of halogens is 1. The molecule has 15 heavy (non-hydrogen) atoms. The number of alkyl halides is 1. The Kier molecular flexibility index (Phi) is 4.45. The van der Waals surface area contributed by atoms with E-state index in [0.717, 1.165) is 12.8 Å². The number of aliphatic hydroxyl groups excluding tert-OH is 1. The number of unbranched alkanes of at least 4 members (excludes halogenated alkanes) is 1. The van der Waals surface area contributed by atoms with Crippen LogP contribution in [0.15, 0.2) is 0 Å². The summed E-state index contributed by atoms with van der Waals surface area (Å²) in [6.07, 6.45) is -2.07. The fraction of sp³-hybridized carbons (Fsp3) is 1.00. The molecule has 0 bridgehead atoms. The molecule has 0 aromatic rings. The maximum atomic E-state index is 13.5. The first-order valence-corrected chi connectivity index (χ1v) is 5.27. The summed E-state index contributed by atoms with van der Waals surface area (Å²) in [4.78, 5) is 0. The van der Waals surface area contributed by atoms with Gasteiger partial charge in [-0.1, -0.05) is 13.3 Å². The molecule has 1 unspecified atom stereocenters. The second kappa shape index (κ2) is 5.21. The third-order valence-electron chi connectivity index (χ3n) is 2.61. The minimum Gasteiger partial charge on any atom is -0.382 e. The van der Waals surface area contributed by atoms with E-state index in [4.69, 9.17) is 9.47 Å². The smallest absolute Gasteiger partial charge is 0.187 e. The SMILES string of the molecule is CCCCOC[C@H]1OC(O)[C@](C)(O)[C@H]1F. The van der Waals surface area contributed by atoms with Crippen molar-refractivity contribution in [2.24, 2.45) is 0 Å². The zero-order chi connectivity index (χ0) is 11.5. The molecule has 1 aliphatic heterocycles. The fourth-order valence-electron chi connectivity index (χ4n) is 1.45. The Morgan fingerprint density at radius 2 is 2.20 bits per heavy atom. The Morgan fingerprint density at radius 1 is 1.53 bits per heavy atom. The van der Waals surface area contributed by atoms with Crippen LogP contribution >= 0.6 is 0 Å². The summed E-state index contributed by atoms with van der Waals surface area (Å²) >= 11 is 0. The summed E-state index contributed by atoms with van der Waals surface area (Å²) in [5.41, 5.74) is -1.83. The lowest BCUT2D eigenvalue weighted by molar-refractivity contribution is -0.169. The van der Waals surface area contributed by atoms with E-state index in [9.17, 15) is 14.6 Å². The van der Waals surface area contributed by atoms with Crippen LogP contribution in [-0.4, -0.2) is 47.6 Å². The Hall–Kier alpha value is -0.230. The number of hydrogen-bond donors (Lipinski definition) is 2. The lowest BCUT2D eigenvalue weighted by Crippen LogP contribution is -2.43. The third-order valence-corrected chi connectivity index (χ3v) is 2.61. The van der Waals surface area contributed by atoms with Crippen LogP contribution in [0.3, 0.4) is 0 Å². The summed E-state index contributed by atoms with van der Waals surface area (Å²) in [5, 5.41) is 18.7. The molecule has 90 valence electrons. The van der Waals surface area contributed by atoms with Crippen molar-refractivity contribution in [3.05, 3.63) is 0 Å². The van der Waals surface area contributed by atoms with Crippen molar-refractivity contribution < 1.29 is 24.1 Å². The number of ether oxygens (including phenoxy) is 2. The van der Waals surface area contributed by atoms with Crippen LogP contribution in [0, 0.1) is 0 Å². The summed E-state index contributed by atoms with van der Waals surface area (Å²) < 4.78 is 23.6. The van der Waals surface area contributed by atoms with Gasteiger partial charge in [0, 0.05) is 6.61 Å². The molecule has 0 amide bonds. The second-order valence-electron chi connectivity index (χ2n) is 4.08. The monoisotopic (exact) mass is 222 g/mol. The zero-order valence-corrected chi connectivity index (χ0v) is 9.15. The lowest BCUT2D eigenvalue weighted by Gasteiger charge is -2.21. The molecule has 0 aromatic carbocycles. The normalized spacial score (nSPS) is 41.0. The predicted molar refractivity (Wildman–Crippen MR) is 52.1 cm³/mol. The Morgan fingerprint density at radius 3 is 2.67 bits per heavy atom. The van der Waals surface area contributed by atoms with E-state index in [1.807, 2.05) is 6.92 Å². The molecule has 1 rings (SSSR count). The molecule has 0 radical (unpaired) electrons. The fourth-order valence-corrected chi connectivity index (χ4v) is 1.45. The highest BCUT2D eigenvalue weighted by Crippen LogP contribution is 2.31. The van der Waals surface area contributed by atoms with Gasteiger partial charge in [0.25, 0.3) is 0 Å². The molecule has 0 spiro atoms. The summed E-state index contributed by atoms with van der Waals surface area (Å²) in [7, 11) is 0. The highest BCUT2D eigenvalue weighted by atomic mass is 19.1.